The molecule has 0 aromatic carbocycles. The highest BCUT2D eigenvalue weighted by Gasteiger charge is 2.25. The molecule has 0 bridgehead atoms. The molecule has 0 spiro atoms. The highest BCUT2D eigenvalue weighted by molar-refractivity contribution is 5.79. The molecule has 0 N–H and O–H groups in total. The predicted molar refractivity (Wildman–Crippen MR) is 63.4 cm³/mol. The third kappa shape index (κ3) is 3.29. The molecule has 1 saturated heterocycles. The van der Waals surface area contributed by atoms with E-state index in [0.29, 0.717) is 11.8 Å². The first-order valence-electron chi connectivity index (χ1n) is 6.55. The third-order valence-corrected chi connectivity index (χ3v) is 3.97. The van der Waals surface area contributed by atoms with Gasteiger partial charge in [-0.2, -0.15) is 0 Å². The molecule has 2 rings (SSSR count). The minimum absolute atomic E-state index is 0.454. The Hall–Kier alpha value is -0.410. The summed E-state index contributed by atoms with van der Waals surface area (Å²) < 4.78 is 5.37. The average Bonchev–Trinajstić information content (AvgIpc) is 2.30. The summed E-state index contributed by atoms with van der Waals surface area (Å²) in [5.41, 5.74) is 0. The number of hydrogen-bond donors (Lipinski definition) is 0. The van der Waals surface area contributed by atoms with E-state index in [1.807, 2.05) is 0 Å². The van der Waals surface area contributed by atoms with Gasteiger partial charge in [-0.1, -0.05) is 0 Å². The van der Waals surface area contributed by atoms with Crippen molar-refractivity contribution in [2.45, 2.75) is 44.6 Å². The normalized spacial score (nSPS) is 28.6. The van der Waals surface area contributed by atoms with Crippen molar-refractivity contribution in [2.75, 3.05) is 26.8 Å². The lowest BCUT2D eigenvalue weighted by Gasteiger charge is -2.34. The summed E-state index contributed by atoms with van der Waals surface area (Å²) in [6, 6.07) is 0.504. The van der Waals surface area contributed by atoms with Crippen molar-refractivity contribution < 1.29 is 9.53 Å². The SMILES string of the molecule is CN(CC1CCOCC1)C1CCCC(=O)C1. The van der Waals surface area contributed by atoms with Gasteiger partial charge in [-0.25, -0.2) is 0 Å². The van der Waals surface area contributed by atoms with Crippen LogP contribution in [0.15, 0.2) is 0 Å². The van der Waals surface area contributed by atoms with Crippen LogP contribution in [-0.4, -0.2) is 43.5 Å². The second kappa shape index (κ2) is 5.78. The first kappa shape index (κ1) is 12.1. The predicted octanol–water partition coefficient (Wildman–Crippen LogP) is 1.86. The number of carbonyl (C=O) groups is 1. The van der Waals surface area contributed by atoms with E-state index in [-0.39, 0.29) is 0 Å². The molecule has 0 amide bonds. The zero-order valence-electron chi connectivity index (χ0n) is 10.3. The van der Waals surface area contributed by atoms with Crippen molar-refractivity contribution in [2.24, 2.45) is 5.92 Å². The molecule has 92 valence electrons. The molecule has 3 nitrogen and oxygen atoms in total. The van der Waals surface area contributed by atoms with Crippen molar-refractivity contribution in [3.8, 4) is 0 Å². The van der Waals surface area contributed by atoms with E-state index in [9.17, 15) is 4.79 Å². The van der Waals surface area contributed by atoms with Crippen molar-refractivity contribution >= 4 is 5.78 Å². The van der Waals surface area contributed by atoms with Crippen molar-refractivity contribution in [1.82, 2.24) is 4.90 Å². The van der Waals surface area contributed by atoms with Gasteiger partial charge in [0.25, 0.3) is 0 Å². The molecule has 1 saturated carbocycles. The van der Waals surface area contributed by atoms with E-state index >= 15 is 0 Å². The summed E-state index contributed by atoms with van der Waals surface area (Å²) in [7, 11) is 2.18. The van der Waals surface area contributed by atoms with Gasteiger partial charge in [0.15, 0.2) is 0 Å². The van der Waals surface area contributed by atoms with E-state index in [4.69, 9.17) is 4.74 Å². The third-order valence-electron chi connectivity index (χ3n) is 3.97. The summed E-state index contributed by atoms with van der Waals surface area (Å²) in [6.45, 7) is 2.98. The van der Waals surface area contributed by atoms with Crippen LogP contribution in [0.3, 0.4) is 0 Å². The Morgan fingerprint density at radius 3 is 2.75 bits per heavy atom. The highest BCUT2D eigenvalue weighted by atomic mass is 16.5. The molecule has 1 unspecified atom stereocenters. The second-order valence-corrected chi connectivity index (χ2v) is 5.28. The molecule has 16 heavy (non-hydrogen) atoms. The minimum atomic E-state index is 0.454. The molecule has 2 fully saturated rings. The van der Waals surface area contributed by atoms with Gasteiger partial charge in [0.2, 0.25) is 0 Å². The Morgan fingerprint density at radius 2 is 2.06 bits per heavy atom. The fraction of sp³-hybridized carbons (Fsp3) is 0.923. The van der Waals surface area contributed by atoms with Crippen molar-refractivity contribution in [3.05, 3.63) is 0 Å². The van der Waals surface area contributed by atoms with Crippen LogP contribution in [0, 0.1) is 5.92 Å². The van der Waals surface area contributed by atoms with Gasteiger partial charge in [-0.05, 0) is 38.6 Å². The smallest absolute Gasteiger partial charge is 0.134 e. The maximum absolute atomic E-state index is 11.4. The molecule has 3 heteroatoms. The fourth-order valence-corrected chi connectivity index (χ4v) is 2.86. The maximum Gasteiger partial charge on any atom is 0.134 e. The minimum Gasteiger partial charge on any atom is -0.381 e. The van der Waals surface area contributed by atoms with E-state index in [1.165, 1.54) is 19.3 Å². The molecule has 0 aromatic rings. The van der Waals surface area contributed by atoms with E-state index in [2.05, 4.69) is 11.9 Å². The number of carbonyl (C=O) groups excluding carboxylic acids is 1. The molecule has 1 atom stereocenters. The van der Waals surface area contributed by atoms with Crippen LogP contribution in [0.25, 0.3) is 0 Å². The van der Waals surface area contributed by atoms with Crippen LogP contribution in [0.5, 0.6) is 0 Å². The summed E-state index contributed by atoms with van der Waals surface area (Å²) in [5, 5.41) is 0. The molecule has 1 aliphatic heterocycles. The van der Waals surface area contributed by atoms with Gasteiger partial charge in [0.05, 0.1) is 0 Å². The van der Waals surface area contributed by atoms with Gasteiger partial charge < -0.3 is 9.64 Å². The molecule has 2 aliphatic rings. The van der Waals surface area contributed by atoms with Crippen LogP contribution in [0.4, 0.5) is 0 Å². The Balaban J connectivity index is 1.77. The quantitative estimate of drug-likeness (QED) is 0.734. The van der Waals surface area contributed by atoms with Crippen LogP contribution in [0.1, 0.15) is 38.5 Å². The Morgan fingerprint density at radius 1 is 1.31 bits per heavy atom. The Kier molecular flexibility index (Phi) is 4.36. The monoisotopic (exact) mass is 225 g/mol. The van der Waals surface area contributed by atoms with Gasteiger partial charge in [-0.15, -0.1) is 0 Å². The number of nitrogens with zero attached hydrogens (tertiary/aromatic N) is 1. The van der Waals surface area contributed by atoms with Gasteiger partial charge in [0.1, 0.15) is 5.78 Å². The molecule has 0 radical (unpaired) electrons. The number of Topliss-reactive ketones (excluding diaryl/α,β-unsaturated/α-hetero) is 1. The first-order valence-corrected chi connectivity index (χ1v) is 6.55. The largest absolute Gasteiger partial charge is 0.381 e. The highest BCUT2D eigenvalue weighted by Crippen LogP contribution is 2.22. The molecule has 1 aliphatic carbocycles. The van der Waals surface area contributed by atoms with E-state index in [1.54, 1.807) is 0 Å². The van der Waals surface area contributed by atoms with E-state index in [0.717, 1.165) is 44.9 Å². The zero-order chi connectivity index (χ0) is 11.4. The topological polar surface area (TPSA) is 29.5 Å². The number of hydrogen-bond acceptors (Lipinski definition) is 3. The van der Waals surface area contributed by atoms with Gasteiger partial charge >= 0.3 is 0 Å². The van der Waals surface area contributed by atoms with Crippen LogP contribution in [-0.2, 0) is 9.53 Å². The first-order chi connectivity index (χ1) is 7.75. The van der Waals surface area contributed by atoms with Crippen LogP contribution < -0.4 is 0 Å². The second-order valence-electron chi connectivity index (χ2n) is 5.28. The van der Waals surface area contributed by atoms with Gasteiger partial charge in [-0.3, -0.25) is 4.79 Å². The summed E-state index contributed by atoms with van der Waals surface area (Å²) in [4.78, 5) is 13.8. The fourth-order valence-electron chi connectivity index (χ4n) is 2.86. The summed E-state index contributed by atoms with van der Waals surface area (Å²) >= 11 is 0. The average molecular weight is 225 g/mol. The van der Waals surface area contributed by atoms with Crippen molar-refractivity contribution in [1.29, 1.82) is 0 Å². The number of rotatable bonds is 3. The summed E-state index contributed by atoms with van der Waals surface area (Å²) in [6.07, 6.45) is 6.24. The molecular weight excluding hydrogens is 202 g/mol. The van der Waals surface area contributed by atoms with Crippen LogP contribution >= 0.6 is 0 Å². The molecular formula is C13H23NO2. The number of ether oxygens (including phenoxy) is 1. The maximum atomic E-state index is 11.4. The van der Waals surface area contributed by atoms with Gasteiger partial charge in [0, 0.05) is 38.6 Å². The lowest BCUT2D eigenvalue weighted by Crippen LogP contribution is -2.40. The van der Waals surface area contributed by atoms with Crippen LogP contribution in [0.2, 0.25) is 0 Å². The Bertz CT molecular complexity index is 236. The molecule has 0 aromatic heterocycles. The lowest BCUT2D eigenvalue weighted by atomic mass is 9.92. The number of ketones is 1. The van der Waals surface area contributed by atoms with E-state index < -0.39 is 0 Å². The zero-order valence-corrected chi connectivity index (χ0v) is 10.3. The van der Waals surface area contributed by atoms with Crippen molar-refractivity contribution in [3.63, 3.8) is 0 Å². The standard InChI is InChI=1S/C13H23NO2/c1-14(10-11-5-7-16-8-6-11)12-3-2-4-13(15)9-12/h11-12H,2-10H2,1H3. The summed E-state index contributed by atoms with van der Waals surface area (Å²) in [5.74, 6) is 1.23. The lowest BCUT2D eigenvalue weighted by molar-refractivity contribution is -0.122. The molecule has 1 heterocycles. The Labute approximate surface area is 98.1 Å².